The van der Waals surface area contributed by atoms with Gasteiger partial charge >= 0.3 is 11.8 Å². The number of nitrogens with zero attached hydrogens (tertiary/aromatic N) is 3. The number of amides is 2. The zero-order chi connectivity index (χ0) is 24.0. The molecule has 2 aromatic carbocycles. The Hall–Kier alpha value is -3.99. The number of nitro benzene ring substituents is 1. The third-order valence-electron chi connectivity index (χ3n) is 4.59. The molecule has 0 unspecified atom stereocenters. The van der Waals surface area contributed by atoms with Crippen molar-refractivity contribution in [3.05, 3.63) is 68.6 Å². The number of nitro groups is 1. The molecule has 0 atom stereocenters. The Balaban J connectivity index is 1.46. The van der Waals surface area contributed by atoms with Gasteiger partial charge < -0.3 is 19.9 Å². The van der Waals surface area contributed by atoms with E-state index in [1.807, 2.05) is 6.92 Å². The molecule has 11 nitrogen and oxygen atoms in total. The number of carbonyl (C=O) groups excluding carboxylic acids is 2. The third-order valence-corrected chi connectivity index (χ3v) is 4.83. The lowest BCUT2D eigenvalue weighted by Crippen LogP contribution is -2.36. The summed E-state index contributed by atoms with van der Waals surface area (Å²) in [6.07, 6.45) is 0. The van der Waals surface area contributed by atoms with E-state index in [1.165, 1.54) is 12.1 Å². The first-order valence-electron chi connectivity index (χ1n) is 9.78. The van der Waals surface area contributed by atoms with Crippen molar-refractivity contribution >= 4 is 29.1 Å². The fraction of sp³-hybridized carbons (Fsp3) is 0.238. The largest absolute Gasteiger partial charge is 0.484 e. The zero-order valence-electron chi connectivity index (χ0n) is 17.8. The van der Waals surface area contributed by atoms with Gasteiger partial charge in [0.05, 0.1) is 4.92 Å². The fourth-order valence-corrected chi connectivity index (χ4v) is 3.14. The Morgan fingerprint density at radius 3 is 2.67 bits per heavy atom. The first kappa shape index (κ1) is 23.7. The van der Waals surface area contributed by atoms with E-state index in [2.05, 4.69) is 20.8 Å². The second-order valence-corrected chi connectivity index (χ2v) is 7.37. The van der Waals surface area contributed by atoms with Gasteiger partial charge in [-0.1, -0.05) is 28.9 Å². The smallest absolute Gasteiger partial charge is 0.316 e. The molecule has 0 bridgehead atoms. The number of aromatic nitrogens is 2. The van der Waals surface area contributed by atoms with Gasteiger partial charge in [0.2, 0.25) is 5.82 Å². The SMILES string of the molecule is Cc1cc(Cl)ccc1OCC(=O)NCCNC(=O)c1nc(-c2cccc([N+](=O)[O-])c2C)no1. The molecule has 33 heavy (non-hydrogen) atoms. The molecular weight excluding hydrogens is 454 g/mol. The summed E-state index contributed by atoms with van der Waals surface area (Å²) in [5.74, 6) is -0.693. The topological polar surface area (TPSA) is 149 Å². The summed E-state index contributed by atoms with van der Waals surface area (Å²) in [5, 5.41) is 20.5. The summed E-state index contributed by atoms with van der Waals surface area (Å²) in [5.41, 5.74) is 1.46. The van der Waals surface area contributed by atoms with E-state index < -0.39 is 10.8 Å². The van der Waals surface area contributed by atoms with E-state index >= 15 is 0 Å². The minimum absolute atomic E-state index is 0.0595. The first-order valence-corrected chi connectivity index (χ1v) is 10.2. The predicted octanol–water partition coefficient (Wildman–Crippen LogP) is 2.84. The van der Waals surface area contributed by atoms with Crippen LogP contribution in [0, 0.1) is 24.0 Å². The Morgan fingerprint density at radius 1 is 1.18 bits per heavy atom. The lowest BCUT2D eigenvalue weighted by atomic mass is 10.1. The molecular formula is C21H20ClN5O6. The summed E-state index contributed by atoms with van der Waals surface area (Å²) in [4.78, 5) is 38.7. The van der Waals surface area contributed by atoms with Crippen molar-refractivity contribution in [2.75, 3.05) is 19.7 Å². The average molecular weight is 474 g/mol. The highest BCUT2D eigenvalue weighted by atomic mass is 35.5. The highest BCUT2D eigenvalue weighted by molar-refractivity contribution is 6.30. The van der Waals surface area contributed by atoms with E-state index in [0.29, 0.717) is 21.9 Å². The average Bonchev–Trinajstić information content (AvgIpc) is 3.26. The van der Waals surface area contributed by atoms with Gasteiger partial charge in [-0.05, 0) is 37.6 Å². The number of benzene rings is 2. The molecule has 0 aliphatic rings. The van der Waals surface area contributed by atoms with Crippen molar-refractivity contribution < 1.29 is 23.8 Å². The van der Waals surface area contributed by atoms with E-state index in [9.17, 15) is 19.7 Å². The van der Waals surface area contributed by atoms with Crippen molar-refractivity contribution in [2.24, 2.45) is 0 Å². The Kier molecular flexibility index (Phi) is 7.57. The van der Waals surface area contributed by atoms with Crippen LogP contribution in [-0.2, 0) is 4.79 Å². The van der Waals surface area contributed by atoms with Gasteiger partial charge in [0, 0.05) is 35.3 Å². The molecule has 2 amide bonds. The minimum Gasteiger partial charge on any atom is -0.484 e. The van der Waals surface area contributed by atoms with Gasteiger partial charge in [-0.15, -0.1) is 0 Å². The number of ether oxygens (including phenoxy) is 1. The van der Waals surface area contributed by atoms with Crippen LogP contribution in [0.4, 0.5) is 5.69 Å². The van der Waals surface area contributed by atoms with E-state index in [4.69, 9.17) is 20.9 Å². The maximum Gasteiger partial charge on any atom is 0.316 e. The zero-order valence-corrected chi connectivity index (χ0v) is 18.5. The van der Waals surface area contributed by atoms with Gasteiger partial charge in [0.15, 0.2) is 6.61 Å². The fourth-order valence-electron chi connectivity index (χ4n) is 2.91. The van der Waals surface area contributed by atoms with Gasteiger partial charge in [-0.3, -0.25) is 19.7 Å². The molecule has 3 rings (SSSR count). The van der Waals surface area contributed by atoms with Crippen molar-refractivity contribution in [3.8, 4) is 17.1 Å². The molecule has 0 saturated carbocycles. The van der Waals surface area contributed by atoms with Crippen molar-refractivity contribution in [3.63, 3.8) is 0 Å². The molecule has 0 aliphatic carbocycles. The number of carbonyl (C=O) groups is 2. The summed E-state index contributed by atoms with van der Waals surface area (Å²) < 4.78 is 10.4. The Morgan fingerprint density at radius 2 is 1.94 bits per heavy atom. The van der Waals surface area contributed by atoms with Crippen LogP contribution in [0.2, 0.25) is 5.02 Å². The lowest BCUT2D eigenvalue weighted by Gasteiger charge is -2.10. The molecule has 2 N–H and O–H groups in total. The molecule has 0 spiro atoms. The van der Waals surface area contributed by atoms with Crippen LogP contribution >= 0.6 is 11.6 Å². The molecule has 0 aliphatic heterocycles. The number of halogens is 1. The van der Waals surface area contributed by atoms with Crippen LogP contribution in [0.5, 0.6) is 5.75 Å². The highest BCUT2D eigenvalue weighted by Crippen LogP contribution is 2.27. The third kappa shape index (κ3) is 6.04. The highest BCUT2D eigenvalue weighted by Gasteiger charge is 2.20. The normalized spacial score (nSPS) is 10.5. The molecule has 12 heteroatoms. The molecule has 0 radical (unpaired) electrons. The van der Waals surface area contributed by atoms with Crippen molar-refractivity contribution in [1.29, 1.82) is 0 Å². The maximum absolute atomic E-state index is 12.2. The van der Waals surface area contributed by atoms with E-state index in [1.54, 1.807) is 31.2 Å². The number of aryl methyl sites for hydroxylation is 1. The van der Waals surface area contributed by atoms with Crippen LogP contribution in [0.3, 0.4) is 0 Å². The molecule has 3 aromatic rings. The molecule has 172 valence electrons. The molecule has 0 fully saturated rings. The van der Waals surface area contributed by atoms with E-state index in [-0.39, 0.29) is 43.0 Å². The summed E-state index contributed by atoms with van der Waals surface area (Å²) in [7, 11) is 0. The second kappa shape index (κ2) is 10.6. The lowest BCUT2D eigenvalue weighted by molar-refractivity contribution is -0.385. The van der Waals surface area contributed by atoms with Crippen LogP contribution in [0.25, 0.3) is 11.4 Å². The van der Waals surface area contributed by atoms with Crippen LogP contribution in [0.15, 0.2) is 40.9 Å². The summed E-state index contributed by atoms with van der Waals surface area (Å²) >= 11 is 5.88. The molecule has 1 aromatic heterocycles. The van der Waals surface area contributed by atoms with Gasteiger partial charge in [0.25, 0.3) is 11.6 Å². The maximum atomic E-state index is 12.2. The quantitative estimate of drug-likeness (QED) is 0.273. The summed E-state index contributed by atoms with van der Waals surface area (Å²) in [6, 6.07) is 9.53. The second-order valence-electron chi connectivity index (χ2n) is 6.93. The van der Waals surface area contributed by atoms with Gasteiger partial charge in [0.1, 0.15) is 5.75 Å². The number of hydrogen-bond donors (Lipinski definition) is 2. The van der Waals surface area contributed by atoms with Crippen LogP contribution in [-0.4, -0.2) is 46.6 Å². The Labute approximate surface area is 193 Å². The summed E-state index contributed by atoms with van der Waals surface area (Å²) in [6.45, 7) is 3.45. The van der Waals surface area contributed by atoms with E-state index in [0.717, 1.165) is 5.56 Å². The predicted molar refractivity (Wildman–Crippen MR) is 118 cm³/mol. The van der Waals surface area contributed by atoms with Crippen molar-refractivity contribution in [2.45, 2.75) is 13.8 Å². The van der Waals surface area contributed by atoms with Gasteiger partial charge in [-0.2, -0.15) is 4.98 Å². The number of hydrogen-bond acceptors (Lipinski definition) is 8. The monoisotopic (exact) mass is 473 g/mol. The Bertz CT molecular complexity index is 1200. The standard InChI is InChI=1S/C21H20ClN5O6/c1-12-10-14(22)6-7-17(12)32-11-18(28)23-8-9-24-20(29)21-25-19(26-33-21)15-4-3-5-16(13(15)2)27(30)31/h3-7,10H,8-9,11H2,1-2H3,(H,23,28)(H,24,29). The van der Waals surface area contributed by atoms with Crippen LogP contribution in [0.1, 0.15) is 21.8 Å². The minimum atomic E-state index is -0.640. The number of nitrogens with one attached hydrogen (secondary N) is 2. The first-order chi connectivity index (χ1) is 15.8. The van der Waals surface area contributed by atoms with Crippen molar-refractivity contribution in [1.82, 2.24) is 20.8 Å². The van der Waals surface area contributed by atoms with Gasteiger partial charge in [-0.25, -0.2) is 0 Å². The molecule has 1 heterocycles. The van der Waals surface area contributed by atoms with Crippen LogP contribution < -0.4 is 15.4 Å². The molecule has 0 saturated heterocycles. The number of rotatable bonds is 9.